The average Bonchev–Trinajstić information content (AvgIpc) is 0.825. The predicted octanol–water partition coefficient (Wildman–Crippen LogP) is 7.80. The number of cyclic esters (lactones) is 1. The van der Waals surface area contributed by atoms with Gasteiger partial charge in [0.15, 0.2) is 15.6 Å². The van der Waals surface area contributed by atoms with Crippen LogP contribution in [0.1, 0.15) is 146 Å². The maximum atomic E-state index is 15.8. The van der Waals surface area contributed by atoms with E-state index in [0.717, 1.165) is 28.3 Å². The van der Waals surface area contributed by atoms with Crippen LogP contribution in [0.2, 0.25) is 0 Å². The summed E-state index contributed by atoms with van der Waals surface area (Å²) in [6.45, 7) is 18.0. The van der Waals surface area contributed by atoms with E-state index < -0.39 is 140 Å². The van der Waals surface area contributed by atoms with Crippen LogP contribution in [0.5, 0.6) is 5.75 Å². The van der Waals surface area contributed by atoms with Crippen LogP contribution in [-0.2, 0) is 107 Å². The highest BCUT2D eigenvalue weighted by atomic mass is 32.2. The molecule has 0 radical (unpaired) electrons. The largest absolute Gasteiger partial charge is 0.491 e. The van der Waals surface area contributed by atoms with Gasteiger partial charge in [0, 0.05) is 113 Å². The maximum absolute atomic E-state index is 15.8. The molecule has 5 heterocycles. The highest BCUT2D eigenvalue weighted by Crippen LogP contribution is 2.39. The number of aliphatic hydroxyl groups is 3. The minimum absolute atomic E-state index is 0.0226. The van der Waals surface area contributed by atoms with Crippen molar-refractivity contribution < 1.29 is 128 Å². The lowest BCUT2D eigenvalue weighted by Crippen LogP contribution is -2.61. The summed E-state index contributed by atoms with van der Waals surface area (Å²) in [7, 11) is 0.480. The fourth-order valence-electron chi connectivity index (χ4n) is 16.6. The summed E-state index contributed by atoms with van der Waals surface area (Å²) in [5.41, 5.74) is 16.4. The third-order valence-electron chi connectivity index (χ3n) is 24.3. The number of thiocarbonyl (C=S) groups is 1. The molecule has 36 heteroatoms. The number of hydrogen-bond acceptors (Lipinski definition) is 30. The molecule has 0 spiro atoms. The summed E-state index contributed by atoms with van der Waals surface area (Å²) in [6.07, 6.45) is 10.9. The Bertz CT molecular complexity index is 4320. The van der Waals surface area contributed by atoms with Crippen LogP contribution in [0.15, 0.2) is 101 Å². The average molecular weight is 1870 g/mol. The molecule has 130 heavy (non-hydrogen) atoms. The van der Waals surface area contributed by atoms with Gasteiger partial charge >= 0.3 is 5.97 Å². The van der Waals surface area contributed by atoms with Crippen molar-refractivity contribution in [1.82, 2.24) is 25.4 Å². The minimum Gasteiger partial charge on any atom is -0.491 e. The number of anilines is 1. The second kappa shape index (κ2) is 55.8. The highest BCUT2D eigenvalue weighted by Gasteiger charge is 2.53. The molecular formula is C94H140FN7O26S2. The first-order valence-corrected chi connectivity index (χ1v) is 47.5. The smallest absolute Gasteiger partial charge is 0.329 e. The van der Waals surface area contributed by atoms with E-state index in [1.54, 1.807) is 53.3 Å². The summed E-state index contributed by atoms with van der Waals surface area (Å²) in [6, 6.07) is 9.54. The van der Waals surface area contributed by atoms with Crippen molar-refractivity contribution in [3.05, 3.63) is 119 Å². The predicted molar refractivity (Wildman–Crippen MR) is 486 cm³/mol. The van der Waals surface area contributed by atoms with Gasteiger partial charge in [-0.3, -0.25) is 24.0 Å². The number of carbonyl (C=O) groups is 6. The molecule has 9 N–H and O–H groups in total. The van der Waals surface area contributed by atoms with Crippen LogP contribution in [0.3, 0.4) is 0 Å². The first kappa shape index (κ1) is 108. The van der Waals surface area contributed by atoms with Crippen LogP contribution >= 0.6 is 12.2 Å². The van der Waals surface area contributed by atoms with E-state index in [2.05, 4.69) is 15.6 Å². The third kappa shape index (κ3) is 33.7. The Hall–Kier alpha value is -7.70. The first-order chi connectivity index (χ1) is 62.4. The van der Waals surface area contributed by atoms with Gasteiger partial charge in [-0.15, -0.1) is 0 Å². The van der Waals surface area contributed by atoms with Gasteiger partial charge in [0.25, 0.3) is 22.8 Å². The van der Waals surface area contributed by atoms with Gasteiger partial charge in [0.2, 0.25) is 11.7 Å². The monoisotopic (exact) mass is 1870 g/mol. The zero-order valence-corrected chi connectivity index (χ0v) is 78.8. The molecule has 16 atom stereocenters. The van der Waals surface area contributed by atoms with Crippen LogP contribution in [-0.4, -0.2) is 311 Å². The van der Waals surface area contributed by atoms with Crippen molar-refractivity contribution >= 4 is 68.3 Å². The number of pyridine rings is 1. The van der Waals surface area contributed by atoms with E-state index in [1.807, 2.05) is 75.4 Å². The molecule has 8 rings (SSSR count). The number of benzene rings is 2. The van der Waals surface area contributed by atoms with Crippen molar-refractivity contribution in [1.29, 1.82) is 0 Å². The quantitative estimate of drug-likeness (QED) is 0.00938. The lowest BCUT2D eigenvalue weighted by Gasteiger charge is -2.43. The Morgan fingerprint density at radius 1 is 0.692 bits per heavy atom. The first-order valence-electron chi connectivity index (χ1n) is 45.4. The Kier molecular flexibility index (Phi) is 46.2. The number of esters is 1. The molecule has 5 aliphatic rings. The number of amides is 3. The molecule has 0 unspecified atom stereocenters. The molecule has 726 valence electrons. The van der Waals surface area contributed by atoms with E-state index in [1.165, 1.54) is 29.9 Å². The van der Waals surface area contributed by atoms with Crippen molar-refractivity contribution in [2.75, 3.05) is 171 Å². The number of nitrogens with zero attached hydrogens (tertiary/aromatic N) is 3. The normalized spacial score (nSPS) is 26.5. The number of ether oxygens (including phenoxy) is 15. The molecule has 3 amide bonds. The number of rotatable bonds is 40. The number of ketones is 2. The van der Waals surface area contributed by atoms with Crippen LogP contribution in [0, 0.1) is 42.3 Å². The van der Waals surface area contributed by atoms with Gasteiger partial charge in [0.05, 0.1) is 142 Å². The van der Waals surface area contributed by atoms with E-state index in [4.69, 9.17) is 94.7 Å². The number of hydrogen-bond donors (Lipinski definition) is 7. The minimum atomic E-state index is -4.19. The van der Waals surface area contributed by atoms with Gasteiger partial charge in [-0.1, -0.05) is 70.2 Å². The molecule has 1 aromatic heterocycles. The van der Waals surface area contributed by atoms with Gasteiger partial charge < -0.3 is 118 Å². The van der Waals surface area contributed by atoms with Crippen molar-refractivity contribution in [2.24, 2.45) is 35.3 Å². The second-order valence-electron chi connectivity index (χ2n) is 34.0. The zero-order valence-electron chi connectivity index (χ0n) is 77.1. The Balaban J connectivity index is 0.646. The SMILES string of the molecule is CO[C@H]1C[C@@H]2CC[C@@H](C)[C@@](O)(O2)C(=O)C(=O)N2CCCC[C@H]2C(=O)O[C@H]([C@H](N)C[C@@H]2CC[C@@H](OC(=S)NCCOCCOCCOCCOCCOCCOCCOCCOCCC(=O)NCCS(=O)(=O)c3ccc(C(=O)N4CCOc5ccc(-c6ccc(N)nc6)cc5C4)c(C)c3F)[C@H](OC)C2)C[C@@H](OC)[C@H](C)/C=C(\C)[C@@H](O)[C@@H](O)C(=O)[C@H](C)C[C@H](C)/C=C/C=CC=C1C. The van der Waals surface area contributed by atoms with E-state index in [0.29, 0.717) is 167 Å². The molecule has 2 saturated heterocycles. The summed E-state index contributed by atoms with van der Waals surface area (Å²) in [5, 5.41) is 40.7. The number of fused-ring (bicyclic) bond motifs is 4. The number of carbonyl (C=O) groups excluding carboxylic acids is 6. The topological polar surface area (TPSA) is 431 Å². The number of Topliss-reactive ketones (excluding diaryl/α,β-unsaturated/α-hetero) is 2. The van der Waals surface area contributed by atoms with Crippen molar-refractivity contribution in [3.8, 4) is 16.9 Å². The summed E-state index contributed by atoms with van der Waals surface area (Å²) < 4.78 is 130. The number of nitrogens with one attached hydrogen (secondary N) is 2. The Morgan fingerprint density at radius 2 is 1.33 bits per heavy atom. The van der Waals surface area contributed by atoms with Crippen LogP contribution in [0.25, 0.3) is 11.1 Å². The van der Waals surface area contributed by atoms with Crippen LogP contribution < -0.4 is 26.8 Å². The summed E-state index contributed by atoms with van der Waals surface area (Å²) >= 11 is 5.60. The van der Waals surface area contributed by atoms with Gasteiger partial charge in [0.1, 0.15) is 59.3 Å². The fraction of sp³-hybridized carbons (Fsp3) is 0.660. The Labute approximate surface area is 770 Å². The van der Waals surface area contributed by atoms with Crippen molar-refractivity contribution in [3.63, 3.8) is 0 Å². The van der Waals surface area contributed by atoms with Gasteiger partial charge in [-0.2, -0.15) is 0 Å². The number of aliphatic hydroxyl groups excluding tert-OH is 2. The summed E-state index contributed by atoms with van der Waals surface area (Å²) in [4.78, 5) is 90.1. The number of aromatic nitrogens is 1. The lowest BCUT2D eigenvalue weighted by molar-refractivity contribution is -0.265. The number of methoxy groups -OCH3 is 3. The molecule has 2 aromatic carbocycles. The highest BCUT2D eigenvalue weighted by molar-refractivity contribution is 7.91. The van der Waals surface area contributed by atoms with E-state index in [9.17, 15) is 52.5 Å². The second-order valence-corrected chi connectivity index (χ2v) is 36.5. The molecule has 33 nitrogen and oxygen atoms in total. The fourth-order valence-corrected chi connectivity index (χ4v) is 18.1. The van der Waals surface area contributed by atoms with Crippen molar-refractivity contribution in [2.45, 2.75) is 210 Å². The molecule has 4 aliphatic heterocycles. The molecule has 3 aromatic rings. The Morgan fingerprint density at radius 3 is 1.96 bits per heavy atom. The number of allylic oxidation sites excluding steroid dienone is 5. The standard InChI is InChI=1S/C94H140FN7O26S2/c1-61-16-12-11-13-17-62(2)78(114-8)57-72-23-19-66(6)94(111,128-72)89(107)91(109)102-32-15-14-18-75(102)92(110)126-80(58-79(115-9)63(3)53-65(5)87(105)88(106)86(104)64(4)52-61)74(96)54-68-20-25-77(81(55-68)116-10)127-93(129)99-30-35-118-38-40-120-42-44-122-46-48-124-50-49-123-47-45-121-43-41-119-39-37-117-34-29-84(103)98-31-51-130(112,113)82-27-24-73(67(7)85(82)95)90(108)101-33-36-125-76-26-21-69(56-71(76)60-101)70-22-28-83(97)100-59-70/h11-13,16-17,21-22,24,26-28,53,56,59,61,63-64,66,68,72,74-75,77-81,87-88,105-106,111H,14-15,18-20,23,25,29-52,54-55,57-58,60,96H2,1-10H3,(H2,97,100)(H,98,103)(H,99,129)/b13-11?,16-12+,62-17?,65-53+/t61-,63-,64-,66-,68+,72+,74-,75+,77-,78+,79-,80+,81-,87-,88+,94-/m1/s1. The molecule has 1 saturated carbocycles. The molecule has 2 bridgehead atoms. The maximum Gasteiger partial charge on any atom is 0.329 e. The van der Waals surface area contributed by atoms with E-state index >= 15 is 4.39 Å². The lowest BCUT2D eigenvalue weighted by atomic mass is 9.80. The van der Waals surface area contributed by atoms with Crippen LogP contribution in [0.4, 0.5) is 10.2 Å². The zero-order chi connectivity index (χ0) is 94.3. The number of nitrogen functional groups attached to an aromatic ring is 1. The number of nitrogens with two attached hydrogens (primary N) is 2. The number of sulfone groups is 1. The summed E-state index contributed by atoms with van der Waals surface area (Å²) in [5.74, 6) is -9.40. The molecular weight excluding hydrogens is 1730 g/mol. The molecule has 1 aliphatic carbocycles. The van der Waals surface area contributed by atoms with Gasteiger partial charge in [-0.25, -0.2) is 22.6 Å². The van der Waals surface area contributed by atoms with Gasteiger partial charge in [-0.05, 0) is 168 Å². The number of halogens is 1. The number of piperidine rings is 1. The molecule has 3 fully saturated rings. The third-order valence-corrected chi connectivity index (χ3v) is 26.3. The van der Waals surface area contributed by atoms with E-state index in [-0.39, 0.29) is 113 Å².